The minimum Gasteiger partial charge on any atom is -0.394 e. The Bertz CT molecular complexity index is 494. The van der Waals surface area contributed by atoms with Gasteiger partial charge in [0.05, 0.1) is 30.9 Å². The number of amides is 1. The zero-order valence-electron chi connectivity index (χ0n) is 12.9. The summed E-state index contributed by atoms with van der Waals surface area (Å²) in [5, 5.41) is 16.5. The van der Waals surface area contributed by atoms with Crippen LogP contribution in [0.4, 0.5) is 0 Å². The first kappa shape index (κ1) is 16.0. The summed E-state index contributed by atoms with van der Waals surface area (Å²) >= 11 is 0. The van der Waals surface area contributed by atoms with Crippen LogP contribution in [0.25, 0.3) is 0 Å². The molecule has 6 nitrogen and oxygen atoms in total. The van der Waals surface area contributed by atoms with Crippen LogP contribution in [0.3, 0.4) is 0 Å². The second-order valence-corrected chi connectivity index (χ2v) is 5.77. The quantitative estimate of drug-likeness (QED) is 0.726. The number of hydrogen-bond acceptors (Lipinski definition) is 4. The van der Waals surface area contributed by atoms with Crippen LogP contribution >= 0.6 is 0 Å². The fourth-order valence-corrected chi connectivity index (χ4v) is 2.93. The molecule has 1 amide bonds. The number of nitrogens with one attached hydrogen (secondary N) is 1. The van der Waals surface area contributed by atoms with Gasteiger partial charge in [-0.3, -0.25) is 9.48 Å². The molecule has 1 unspecified atom stereocenters. The average molecular weight is 294 g/mol. The second kappa shape index (κ2) is 6.58. The minimum absolute atomic E-state index is 0.0188. The van der Waals surface area contributed by atoms with E-state index in [0.29, 0.717) is 19.4 Å². The van der Waals surface area contributed by atoms with Crippen molar-refractivity contribution >= 4 is 5.91 Å². The highest BCUT2D eigenvalue weighted by molar-refractivity contribution is 5.86. The number of carbonyl (C=O) groups excluding carboxylic acids is 1. The van der Waals surface area contributed by atoms with Crippen LogP contribution in [0.5, 0.6) is 0 Å². The van der Waals surface area contributed by atoms with Crippen molar-refractivity contribution in [3.8, 4) is 0 Å². The van der Waals surface area contributed by atoms with E-state index < -0.39 is 5.54 Å². The summed E-state index contributed by atoms with van der Waals surface area (Å²) in [5.41, 5.74) is 7.56. The molecule has 0 saturated carbocycles. The van der Waals surface area contributed by atoms with Crippen LogP contribution in [-0.2, 0) is 17.8 Å². The van der Waals surface area contributed by atoms with Crippen LogP contribution < -0.4 is 11.1 Å². The van der Waals surface area contributed by atoms with Crippen molar-refractivity contribution in [2.24, 2.45) is 5.73 Å². The molecule has 1 heterocycles. The van der Waals surface area contributed by atoms with Gasteiger partial charge in [-0.25, -0.2) is 0 Å². The topological polar surface area (TPSA) is 93.2 Å². The number of aromatic nitrogens is 2. The van der Waals surface area contributed by atoms with E-state index in [2.05, 4.69) is 10.4 Å². The highest BCUT2D eigenvalue weighted by Crippen LogP contribution is 2.30. The van der Waals surface area contributed by atoms with Crippen molar-refractivity contribution < 1.29 is 9.90 Å². The standard InChI is InChI=1S/C15H26N4O2/c1-3-15(16,4-2)14(21)18-12-6-5-7-13-11(12)10-17-19(13)8-9-20/h10,12,20H,3-9,16H2,1-2H3,(H,18,21). The van der Waals surface area contributed by atoms with Gasteiger partial charge in [0.25, 0.3) is 0 Å². The van der Waals surface area contributed by atoms with Gasteiger partial charge in [-0.15, -0.1) is 0 Å². The number of aliphatic hydroxyl groups is 1. The van der Waals surface area contributed by atoms with Gasteiger partial charge in [0.1, 0.15) is 0 Å². The molecule has 6 heteroatoms. The zero-order chi connectivity index (χ0) is 15.5. The molecular formula is C15H26N4O2. The molecule has 1 aliphatic carbocycles. The van der Waals surface area contributed by atoms with E-state index in [1.807, 2.05) is 24.7 Å². The third-order valence-corrected chi connectivity index (χ3v) is 4.59. The largest absolute Gasteiger partial charge is 0.394 e. The van der Waals surface area contributed by atoms with Crippen LogP contribution in [0, 0.1) is 0 Å². The predicted octanol–water partition coefficient (Wildman–Crippen LogP) is 0.886. The van der Waals surface area contributed by atoms with Gasteiger partial charge >= 0.3 is 0 Å². The maximum Gasteiger partial charge on any atom is 0.240 e. The monoisotopic (exact) mass is 294 g/mol. The highest BCUT2D eigenvalue weighted by atomic mass is 16.3. The van der Waals surface area contributed by atoms with E-state index in [-0.39, 0.29) is 18.6 Å². The fraction of sp³-hybridized carbons (Fsp3) is 0.733. The molecule has 0 aromatic carbocycles. The van der Waals surface area contributed by atoms with Gasteiger partial charge in [0.15, 0.2) is 0 Å². The van der Waals surface area contributed by atoms with Gasteiger partial charge in [0, 0.05) is 11.3 Å². The first-order valence-electron chi connectivity index (χ1n) is 7.81. The summed E-state index contributed by atoms with van der Waals surface area (Å²) < 4.78 is 1.84. The Morgan fingerprint density at radius 2 is 2.29 bits per heavy atom. The molecule has 2 rings (SSSR count). The van der Waals surface area contributed by atoms with E-state index in [1.165, 1.54) is 0 Å². The van der Waals surface area contributed by atoms with E-state index in [9.17, 15) is 4.79 Å². The number of carbonyl (C=O) groups is 1. The third-order valence-electron chi connectivity index (χ3n) is 4.59. The summed E-state index contributed by atoms with van der Waals surface area (Å²) in [4.78, 5) is 12.4. The maximum absolute atomic E-state index is 12.4. The lowest BCUT2D eigenvalue weighted by molar-refractivity contribution is -0.127. The highest BCUT2D eigenvalue weighted by Gasteiger charge is 2.33. The van der Waals surface area contributed by atoms with Crippen molar-refractivity contribution in [2.75, 3.05) is 6.61 Å². The molecule has 1 aromatic heterocycles. The van der Waals surface area contributed by atoms with Crippen molar-refractivity contribution in [1.82, 2.24) is 15.1 Å². The molecule has 1 atom stereocenters. The molecule has 4 N–H and O–H groups in total. The van der Waals surface area contributed by atoms with Crippen molar-refractivity contribution in [1.29, 1.82) is 0 Å². The van der Waals surface area contributed by atoms with Gasteiger partial charge < -0.3 is 16.2 Å². The molecule has 1 aliphatic rings. The summed E-state index contributed by atoms with van der Waals surface area (Å²) in [7, 11) is 0. The van der Waals surface area contributed by atoms with Crippen LogP contribution in [0.15, 0.2) is 6.20 Å². The average Bonchev–Trinajstić information content (AvgIpc) is 2.91. The lowest BCUT2D eigenvalue weighted by atomic mass is 9.89. The second-order valence-electron chi connectivity index (χ2n) is 5.77. The lowest BCUT2D eigenvalue weighted by Crippen LogP contribution is -2.54. The van der Waals surface area contributed by atoms with E-state index in [1.54, 1.807) is 0 Å². The van der Waals surface area contributed by atoms with Crippen LogP contribution in [0.1, 0.15) is 56.8 Å². The zero-order valence-corrected chi connectivity index (χ0v) is 12.9. The summed E-state index contributed by atoms with van der Waals surface area (Å²) in [6.07, 6.45) is 5.91. The molecule has 0 bridgehead atoms. The van der Waals surface area contributed by atoms with Crippen LogP contribution in [0.2, 0.25) is 0 Å². The van der Waals surface area contributed by atoms with E-state index >= 15 is 0 Å². The van der Waals surface area contributed by atoms with Crippen molar-refractivity contribution in [2.45, 2.75) is 64.1 Å². The Kier molecular flexibility index (Phi) is 5.00. The number of nitrogens with two attached hydrogens (primary N) is 1. The fourth-order valence-electron chi connectivity index (χ4n) is 2.93. The number of fused-ring (bicyclic) bond motifs is 1. The molecule has 0 radical (unpaired) electrons. The smallest absolute Gasteiger partial charge is 0.240 e. The lowest BCUT2D eigenvalue weighted by Gasteiger charge is -2.30. The number of nitrogens with zero attached hydrogens (tertiary/aromatic N) is 2. The molecule has 118 valence electrons. The van der Waals surface area contributed by atoms with Gasteiger partial charge in [-0.1, -0.05) is 13.8 Å². The van der Waals surface area contributed by atoms with E-state index in [0.717, 1.165) is 30.5 Å². The SMILES string of the molecule is CCC(N)(CC)C(=O)NC1CCCc2c1cnn2CCO. The normalized spacial score (nSPS) is 18.4. The molecule has 0 aliphatic heterocycles. The Labute approximate surface area is 125 Å². The number of rotatable bonds is 6. The third kappa shape index (κ3) is 3.11. The first-order chi connectivity index (χ1) is 10.1. The van der Waals surface area contributed by atoms with Gasteiger partial charge in [0.2, 0.25) is 5.91 Å². The van der Waals surface area contributed by atoms with Crippen molar-refractivity contribution in [3.05, 3.63) is 17.5 Å². The molecule has 0 spiro atoms. The van der Waals surface area contributed by atoms with Gasteiger partial charge in [-0.05, 0) is 32.1 Å². The van der Waals surface area contributed by atoms with Crippen LogP contribution in [-0.4, -0.2) is 32.9 Å². The number of hydrogen-bond donors (Lipinski definition) is 3. The predicted molar refractivity (Wildman–Crippen MR) is 80.6 cm³/mol. The number of aliphatic hydroxyl groups excluding tert-OH is 1. The molecular weight excluding hydrogens is 268 g/mol. The minimum atomic E-state index is -0.793. The Morgan fingerprint density at radius 3 is 2.90 bits per heavy atom. The van der Waals surface area contributed by atoms with E-state index in [4.69, 9.17) is 10.8 Å². The Balaban J connectivity index is 2.15. The molecule has 1 aromatic rings. The first-order valence-corrected chi connectivity index (χ1v) is 7.81. The summed E-state index contributed by atoms with van der Waals surface area (Å²) in [6, 6.07) is -0.0188. The summed E-state index contributed by atoms with van der Waals surface area (Å²) in [6.45, 7) is 4.45. The molecule has 21 heavy (non-hydrogen) atoms. The molecule has 0 saturated heterocycles. The molecule has 0 fully saturated rings. The summed E-state index contributed by atoms with van der Waals surface area (Å²) in [5.74, 6) is -0.0831. The van der Waals surface area contributed by atoms with Crippen molar-refractivity contribution in [3.63, 3.8) is 0 Å². The Hall–Kier alpha value is -1.40. The van der Waals surface area contributed by atoms with Gasteiger partial charge in [-0.2, -0.15) is 5.10 Å². The Morgan fingerprint density at radius 1 is 1.57 bits per heavy atom. The maximum atomic E-state index is 12.4.